The second kappa shape index (κ2) is 4.14. The number of anilines is 1. The van der Waals surface area contributed by atoms with Crippen molar-refractivity contribution in [1.29, 1.82) is 0 Å². The largest absolute Gasteiger partial charge is 0.398 e. The highest BCUT2D eigenvalue weighted by Gasteiger charge is 2.03. The van der Waals surface area contributed by atoms with E-state index in [1.54, 1.807) is 12.3 Å². The van der Waals surface area contributed by atoms with Crippen LogP contribution in [0.25, 0.3) is 0 Å². The maximum Gasteiger partial charge on any atom is 0.347 e. The average Bonchev–Trinajstić information content (AvgIpc) is 2.27. The molecule has 0 bridgehead atoms. The molecule has 0 radical (unpaired) electrons. The topological polar surface area (TPSA) is 60.9 Å². The zero-order chi connectivity index (χ0) is 11.5. The molecule has 0 atom stereocenters. The molecule has 0 saturated carbocycles. The third-order valence-electron chi connectivity index (χ3n) is 2.23. The lowest BCUT2D eigenvalue weighted by Crippen LogP contribution is -2.22. The zero-order valence-electron chi connectivity index (χ0n) is 8.43. The van der Waals surface area contributed by atoms with Gasteiger partial charge in [-0.25, -0.2) is 14.2 Å². The third kappa shape index (κ3) is 2.08. The summed E-state index contributed by atoms with van der Waals surface area (Å²) < 4.78 is 14.4. The van der Waals surface area contributed by atoms with Crippen molar-refractivity contribution >= 4 is 5.69 Å². The number of aromatic nitrogens is 2. The molecule has 1 aromatic heterocycles. The van der Waals surface area contributed by atoms with Gasteiger partial charge >= 0.3 is 5.69 Å². The molecule has 0 aliphatic carbocycles. The molecule has 0 amide bonds. The molecule has 82 valence electrons. The summed E-state index contributed by atoms with van der Waals surface area (Å²) in [5.74, 6) is -0.374. The maximum atomic E-state index is 13.0. The minimum Gasteiger partial charge on any atom is -0.398 e. The standard InChI is InChI=1S/C11H10FN3O/c12-9-2-3-10(13)8(6-9)7-15-5-1-4-14-11(15)16/h1-6H,7,13H2. The van der Waals surface area contributed by atoms with Gasteiger partial charge in [-0.15, -0.1) is 0 Å². The van der Waals surface area contributed by atoms with Crippen molar-refractivity contribution < 1.29 is 4.39 Å². The Labute approximate surface area is 91.2 Å². The van der Waals surface area contributed by atoms with E-state index in [-0.39, 0.29) is 18.1 Å². The lowest BCUT2D eigenvalue weighted by molar-refractivity contribution is 0.622. The van der Waals surface area contributed by atoms with E-state index >= 15 is 0 Å². The molecule has 1 heterocycles. The highest BCUT2D eigenvalue weighted by atomic mass is 19.1. The van der Waals surface area contributed by atoms with Crippen molar-refractivity contribution in [2.75, 3.05) is 5.73 Å². The Morgan fingerprint density at radius 3 is 3.00 bits per heavy atom. The van der Waals surface area contributed by atoms with Gasteiger partial charge in [0, 0.05) is 18.1 Å². The number of benzene rings is 1. The molecule has 0 fully saturated rings. The first kappa shape index (κ1) is 10.4. The third-order valence-corrected chi connectivity index (χ3v) is 2.23. The van der Waals surface area contributed by atoms with Crippen LogP contribution in [0.1, 0.15) is 5.56 Å². The van der Waals surface area contributed by atoms with Gasteiger partial charge in [0.1, 0.15) is 5.82 Å². The van der Waals surface area contributed by atoms with Gasteiger partial charge in [0.2, 0.25) is 0 Å². The van der Waals surface area contributed by atoms with Crippen molar-refractivity contribution in [3.05, 3.63) is 58.5 Å². The predicted octanol–water partition coefficient (Wildman–Crippen LogP) is 1.01. The number of nitrogens with zero attached hydrogens (tertiary/aromatic N) is 2. The predicted molar refractivity (Wildman–Crippen MR) is 58.4 cm³/mol. The van der Waals surface area contributed by atoms with E-state index < -0.39 is 0 Å². The Balaban J connectivity index is 2.38. The number of nitrogen functional groups attached to an aromatic ring is 1. The molecular weight excluding hydrogens is 209 g/mol. The van der Waals surface area contributed by atoms with Gasteiger partial charge in [-0.05, 0) is 29.8 Å². The molecule has 16 heavy (non-hydrogen) atoms. The summed E-state index contributed by atoms with van der Waals surface area (Å²) in [5, 5.41) is 0. The summed E-state index contributed by atoms with van der Waals surface area (Å²) in [6.07, 6.45) is 2.99. The van der Waals surface area contributed by atoms with Gasteiger partial charge in [0.05, 0.1) is 6.54 Å². The van der Waals surface area contributed by atoms with Gasteiger partial charge in [-0.3, -0.25) is 4.57 Å². The van der Waals surface area contributed by atoms with E-state index in [0.29, 0.717) is 11.3 Å². The normalized spacial score (nSPS) is 10.3. The molecule has 1 aromatic carbocycles. The lowest BCUT2D eigenvalue weighted by Gasteiger charge is -2.07. The Morgan fingerprint density at radius 2 is 2.25 bits per heavy atom. The Kier molecular flexibility index (Phi) is 2.68. The van der Waals surface area contributed by atoms with Crippen LogP contribution in [0.4, 0.5) is 10.1 Å². The van der Waals surface area contributed by atoms with Crippen LogP contribution in [0.15, 0.2) is 41.5 Å². The first-order valence-corrected chi connectivity index (χ1v) is 4.72. The zero-order valence-corrected chi connectivity index (χ0v) is 8.43. The molecule has 0 aliphatic rings. The highest BCUT2D eigenvalue weighted by Crippen LogP contribution is 2.13. The van der Waals surface area contributed by atoms with Gasteiger partial charge in [-0.2, -0.15) is 0 Å². The second-order valence-corrected chi connectivity index (χ2v) is 3.37. The SMILES string of the molecule is Nc1ccc(F)cc1Cn1cccnc1=O. The van der Waals surface area contributed by atoms with Gasteiger partial charge in [-0.1, -0.05) is 0 Å². The monoisotopic (exact) mass is 219 g/mol. The molecule has 2 N–H and O–H groups in total. The average molecular weight is 219 g/mol. The van der Waals surface area contributed by atoms with Crippen molar-refractivity contribution in [1.82, 2.24) is 9.55 Å². The van der Waals surface area contributed by atoms with Crippen LogP contribution < -0.4 is 11.4 Å². The van der Waals surface area contributed by atoms with Crippen LogP contribution in [-0.2, 0) is 6.54 Å². The first-order valence-electron chi connectivity index (χ1n) is 4.72. The number of hydrogen-bond donors (Lipinski definition) is 1. The molecular formula is C11H10FN3O. The van der Waals surface area contributed by atoms with Crippen LogP contribution in [0, 0.1) is 5.82 Å². The van der Waals surface area contributed by atoms with E-state index in [4.69, 9.17) is 5.73 Å². The number of halogens is 1. The maximum absolute atomic E-state index is 13.0. The number of rotatable bonds is 2. The summed E-state index contributed by atoms with van der Waals surface area (Å²) in [6.45, 7) is 0.219. The van der Waals surface area contributed by atoms with E-state index in [1.807, 2.05) is 0 Å². The van der Waals surface area contributed by atoms with Crippen LogP contribution >= 0.6 is 0 Å². The van der Waals surface area contributed by atoms with Gasteiger partial charge in [0.25, 0.3) is 0 Å². The van der Waals surface area contributed by atoms with Crippen LogP contribution in [0.2, 0.25) is 0 Å². The van der Waals surface area contributed by atoms with Gasteiger partial charge in [0.15, 0.2) is 0 Å². The number of nitrogens with two attached hydrogens (primary N) is 1. The summed E-state index contributed by atoms with van der Waals surface area (Å²) >= 11 is 0. The first-order chi connectivity index (χ1) is 7.66. The van der Waals surface area contributed by atoms with E-state index in [1.165, 1.54) is 29.0 Å². The van der Waals surface area contributed by atoms with Crippen LogP contribution in [0.5, 0.6) is 0 Å². The van der Waals surface area contributed by atoms with E-state index in [0.717, 1.165) is 0 Å². The molecule has 4 nitrogen and oxygen atoms in total. The summed E-state index contributed by atoms with van der Waals surface area (Å²) in [5.41, 5.74) is 6.32. The molecule has 2 aromatic rings. The quantitative estimate of drug-likeness (QED) is 0.767. The summed E-state index contributed by atoms with van der Waals surface area (Å²) in [4.78, 5) is 14.9. The number of hydrogen-bond acceptors (Lipinski definition) is 3. The van der Waals surface area contributed by atoms with E-state index in [2.05, 4.69) is 4.98 Å². The van der Waals surface area contributed by atoms with Crippen molar-refractivity contribution in [3.63, 3.8) is 0 Å². The molecule has 0 spiro atoms. The summed E-state index contributed by atoms with van der Waals surface area (Å²) in [7, 11) is 0. The smallest absolute Gasteiger partial charge is 0.347 e. The van der Waals surface area contributed by atoms with Crippen molar-refractivity contribution in [2.24, 2.45) is 0 Å². The van der Waals surface area contributed by atoms with Crippen molar-refractivity contribution in [3.8, 4) is 0 Å². The molecule has 0 unspecified atom stereocenters. The highest BCUT2D eigenvalue weighted by molar-refractivity contribution is 5.46. The lowest BCUT2D eigenvalue weighted by atomic mass is 10.2. The van der Waals surface area contributed by atoms with Crippen LogP contribution in [0.3, 0.4) is 0 Å². The Hall–Kier alpha value is -2.17. The molecule has 5 heteroatoms. The Bertz CT molecular complexity index is 565. The minimum atomic E-state index is -0.383. The van der Waals surface area contributed by atoms with E-state index in [9.17, 15) is 9.18 Å². The summed E-state index contributed by atoms with van der Waals surface area (Å²) in [6, 6.07) is 5.71. The fraction of sp³-hybridized carbons (Fsp3) is 0.0909. The van der Waals surface area contributed by atoms with Crippen LogP contribution in [-0.4, -0.2) is 9.55 Å². The minimum absolute atomic E-state index is 0.219. The second-order valence-electron chi connectivity index (χ2n) is 3.37. The Morgan fingerprint density at radius 1 is 1.44 bits per heavy atom. The fourth-order valence-corrected chi connectivity index (χ4v) is 1.40. The molecule has 2 rings (SSSR count). The molecule has 0 aliphatic heterocycles. The fourth-order valence-electron chi connectivity index (χ4n) is 1.40. The van der Waals surface area contributed by atoms with Crippen molar-refractivity contribution in [2.45, 2.75) is 6.54 Å². The molecule has 0 saturated heterocycles. The van der Waals surface area contributed by atoms with Gasteiger partial charge < -0.3 is 5.73 Å².